The van der Waals surface area contributed by atoms with E-state index in [9.17, 15) is 0 Å². The quantitative estimate of drug-likeness (QED) is 0.251. The summed E-state index contributed by atoms with van der Waals surface area (Å²) in [7, 11) is 0. The normalized spacial score (nSPS) is 13.7. The van der Waals surface area contributed by atoms with Crippen molar-refractivity contribution in [2.45, 2.75) is 19.3 Å². The van der Waals surface area contributed by atoms with Crippen molar-refractivity contribution < 1.29 is 0 Å². The Kier molecular flexibility index (Phi) is 4.35. The maximum Gasteiger partial charge on any atom is 0.0544 e. The van der Waals surface area contributed by atoms with Crippen molar-refractivity contribution in [1.82, 2.24) is 4.98 Å². The fourth-order valence-electron chi connectivity index (χ4n) is 6.66. The molecule has 1 nitrogen and oxygen atoms in total. The monoisotopic (exact) mass is 485 g/mol. The molecule has 1 aromatic heterocycles. The second-order valence-electron chi connectivity index (χ2n) is 11.1. The number of hydrogen-bond acceptors (Lipinski definition) is 0. The van der Waals surface area contributed by atoms with Crippen molar-refractivity contribution in [2.24, 2.45) is 0 Å². The zero-order chi connectivity index (χ0) is 25.4. The number of H-pyrrole nitrogens is 1. The highest BCUT2D eigenvalue weighted by molar-refractivity contribution is 6.22. The summed E-state index contributed by atoms with van der Waals surface area (Å²) in [5.74, 6) is 0. The van der Waals surface area contributed by atoms with Crippen molar-refractivity contribution in [3.63, 3.8) is 0 Å². The molecule has 1 aliphatic rings. The molecule has 0 bridgehead atoms. The van der Waals surface area contributed by atoms with Crippen molar-refractivity contribution in [3.05, 3.63) is 132 Å². The molecular weight excluding hydrogens is 458 g/mol. The van der Waals surface area contributed by atoms with E-state index in [0.29, 0.717) is 0 Å². The van der Waals surface area contributed by atoms with E-state index < -0.39 is 0 Å². The molecule has 0 fully saturated rings. The van der Waals surface area contributed by atoms with E-state index in [2.05, 4.69) is 140 Å². The summed E-state index contributed by atoms with van der Waals surface area (Å²) in [4.78, 5) is 3.73. The van der Waals surface area contributed by atoms with Gasteiger partial charge < -0.3 is 4.98 Å². The van der Waals surface area contributed by atoms with E-state index in [1.165, 1.54) is 77.1 Å². The molecule has 6 aromatic carbocycles. The third-order valence-electron chi connectivity index (χ3n) is 8.64. The molecular formula is C37H27N. The van der Waals surface area contributed by atoms with E-state index in [1.807, 2.05) is 0 Å². The lowest BCUT2D eigenvalue weighted by Crippen LogP contribution is -2.14. The van der Waals surface area contributed by atoms with Gasteiger partial charge >= 0.3 is 0 Å². The lowest BCUT2D eigenvalue weighted by Gasteiger charge is -2.22. The number of benzene rings is 6. The largest absolute Gasteiger partial charge is 0.354 e. The molecule has 1 N–H and O–H groups in total. The number of aromatic amines is 1. The Morgan fingerprint density at radius 2 is 1.18 bits per heavy atom. The van der Waals surface area contributed by atoms with E-state index in [0.717, 1.165) is 0 Å². The van der Waals surface area contributed by atoms with Crippen LogP contribution in [0.1, 0.15) is 25.0 Å². The van der Waals surface area contributed by atoms with E-state index in [4.69, 9.17) is 0 Å². The van der Waals surface area contributed by atoms with Gasteiger partial charge in [-0.25, -0.2) is 0 Å². The van der Waals surface area contributed by atoms with Crippen LogP contribution in [0, 0.1) is 0 Å². The van der Waals surface area contributed by atoms with Crippen LogP contribution in [-0.4, -0.2) is 4.98 Å². The van der Waals surface area contributed by atoms with Gasteiger partial charge in [-0.05, 0) is 61.8 Å². The van der Waals surface area contributed by atoms with Crippen LogP contribution in [0.2, 0.25) is 0 Å². The Balaban J connectivity index is 1.22. The molecule has 1 aliphatic carbocycles. The minimum atomic E-state index is 0.0112. The van der Waals surface area contributed by atoms with Crippen molar-refractivity contribution in [3.8, 4) is 33.4 Å². The SMILES string of the molecule is CC1(C)c2ccccc2-c2ccc(-c3ccc(-c4cccc5c4[nH]c4ccc6ccccc6c45)cc3)cc21. The molecule has 0 amide bonds. The summed E-state index contributed by atoms with van der Waals surface area (Å²) >= 11 is 0. The lowest BCUT2D eigenvalue weighted by molar-refractivity contribution is 0.660. The second kappa shape index (κ2) is 7.69. The van der Waals surface area contributed by atoms with Gasteiger partial charge in [-0.2, -0.15) is 0 Å². The zero-order valence-corrected chi connectivity index (χ0v) is 21.5. The van der Waals surface area contributed by atoms with Gasteiger partial charge in [-0.1, -0.05) is 123 Å². The first-order valence-electron chi connectivity index (χ1n) is 13.4. The highest BCUT2D eigenvalue weighted by Gasteiger charge is 2.35. The van der Waals surface area contributed by atoms with Crippen LogP contribution in [0.5, 0.6) is 0 Å². The second-order valence-corrected chi connectivity index (χ2v) is 11.1. The molecule has 0 spiro atoms. The van der Waals surface area contributed by atoms with Crippen molar-refractivity contribution >= 4 is 32.6 Å². The Morgan fingerprint density at radius 1 is 0.500 bits per heavy atom. The van der Waals surface area contributed by atoms with Crippen LogP contribution in [0.15, 0.2) is 121 Å². The summed E-state index contributed by atoms with van der Waals surface area (Å²) < 4.78 is 0. The molecule has 0 saturated carbocycles. The van der Waals surface area contributed by atoms with Crippen LogP contribution < -0.4 is 0 Å². The third-order valence-corrected chi connectivity index (χ3v) is 8.64. The Morgan fingerprint density at radius 3 is 2.08 bits per heavy atom. The number of aromatic nitrogens is 1. The van der Waals surface area contributed by atoms with Gasteiger partial charge in [0, 0.05) is 27.3 Å². The van der Waals surface area contributed by atoms with Crippen LogP contribution in [0.25, 0.3) is 66.0 Å². The average molecular weight is 486 g/mol. The zero-order valence-electron chi connectivity index (χ0n) is 21.5. The molecule has 7 aromatic rings. The summed E-state index contributed by atoms with van der Waals surface area (Å²) in [6.45, 7) is 4.68. The average Bonchev–Trinajstić information content (AvgIpc) is 3.46. The van der Waals surface area contributed by atoms with E-state index >= 15 is 0 Å². The lowest BCUT2D eigenvalue weighted by atomic mass is 9.81. The van der Waals surface area contributed by atoms with Gasteiger partial charge in [-0.3, -0.25) is 0 Å². The Hall–Kier alpha value is -4.62. The molecule has 0 aliphatic heterocycles. The molecule has 38 heavy (non-hydrogen) atoms. The fourth-order valence-corrected chi connectivity index (χ4v) is 6.66. The predicted octanol–water partition coefficient (Wildman–Crippen LogP) is 10.1. The number of rotatable bonds is 2. The summed E-state index contributed by atoms with van der Waals surface area (Å²) in [5, 5.41) is 5.15. The summed E-state index contributed by atoms with van der Waals surface area (Å²) in [6.07, 6.45) is 0. The summed E-state index contributed by atoms with van der Waals surface area (Å²) in [6, 6.07) is 44.6. The number of nitrogens with one attached hydrogen (secondary N) is 1. The molecule has 1 heterocycles. The van der Waals surface area contributed by atoms with Crippen LogP contribution in [0.4, 0.5) is 0 Å². The highest BCUT2D eigenvalue weighted by atomic mass is 14.7. The fraction of sp³-hybridized carbons (Fsp3) is 0.0811. The Bertz CT molecular complexity index is 2040. The van der Waals surface area contributed by atoms with Crippen LogP contribution >= 0.6 is 0 Å². The first kappa shape index (κ1) is 21.5. The van der Waals surface area contributed by atoms with Gasteiger partial charge in [0.05, 0.1) is 5.52 Å². The Labute approximate surface area is 222 Å². The minimum Gasteiger partial charge on any atom is -0.354 e. The first-order valence-corrected chi connectivity index (χ1v) is 13.4. The molecule has 0 radical (unpaired) electrons. The molecule has 180 valence electrons. The van der Waals surface area contributed by atoms with Gasteiger partial charge in [0.15, 0.2) is 0 Å². The maximum absolute atomic E-state index is 3.73. The smallest absolute Gasteiger partial charge is 0.0544 e. The topological polar surface area (TPSA) is 15.8 Å². The van der Waals surface area contributed by atoms with E-state index in [-0.39, 0.29) is 5.41 Å². The predicted molar refractivity (Wildman–Crippen MR) is 162 cm³/mol. The molecule has 1 heteroatoms. The molecule has 8 rings (SSSR count). The standard InChI is InChI=1S/C37H27N/c1-37(2)32-13-6-5-10-29(32)30-20-18-26(22-33(30)37)23-14-16-25(17-15-23)28-11-7-12-31-35-27-9-4-3-8-24(27)19-21-34(35)38-36(28)31/h3-22,38H,1-2H3. The number of hydrogen-bond donors (Lipinski definition) is 1. The van der Waals surface area contributed by atoms with Gasteiger partial charge in [0.1, 0.15) is 0 Å². The highest BCUT2D eigenvalue weighted by Crippen LogP contribution is 2.49. The third kappa shape index (κ3) is 2.93. The number of para-hydroxylation sites is 1. The van der Waals surface area contributed by atoms with Crippen LogP contribution in [-0.2, 0) is 5.41 Å². The summed E-state index contributed by atoms with van der Waals surface area (Å²) in [5.41, 5.74) is 12.9. The molecule has 0 unspecified atom stereocenters. The number of fused-ring (bicyclic) bond motifs is 8. The minimum absolute atomic E-state index is 0.0112. The van der Waals surface area contributed by atoms with Crippen LogP contribution in [0.3, 0.4) is 0 Å². The van der Waals surface area contributed by atoms with Gasteiger partial charge in [-0.15, -0.1) is 0 Å². The van der Waals surface area contributed by atoms with E-state index in [1.54, 1.807) is 0 Å². The molecule has 0 saturated heterocycles. The maximum atomic E-state index is 3.73. The van der Waals surface area contributed by atoms with Crippen molar-refractivity contribution in [1.29, 1.82) is 0 Å². The van der Waals surface area contributed by atoms with Gasteiger partial charge in [0.2, 0.25) is 0 Å². The molecule has 0 atom stereocenters. The van der Waals surface area contributed by atoms with Gasteiger partial charge in [0.25, 0.3) is 0 Å². The van der Waals surface area contributed by atoms with Crippen molar-refractivity contribution in [2.75, 3.05) is 0 Å². The first-order chi connectivity index (χ1) is 18.6.